The van der Waals surface area contributed by atoms with Crippen LogP contribution in [0.2, 0.25) is 0 Å². The van der Waals surface area contributed by atoms with Gasteiger partial charge in [0.1, 0.15) is 6.04 Å². The van der Waals surface area contributed by atoms with Gasteiger partial charge in [0.2, 0.25) is 0 Å². The maximum atomic E-state index is 11.7. The Hall–Kier alpha value is -1.63. The van der Waals surface area contributed by atoms with Crippen molar-refractivity contribution in [2.24, 2.45) is 11.8 Å². The van der Waals surface area contributed by atoms with Crippen molar-refractivity contribution in [3.8, 4) is 0 Å². The standard InChI is InChI=1S/C11H17NO6/c1-4-5-6(10(15)17-2)7(11(16)18-3)8(12-5)9(13)14/h5-8,12H,4H2,1-3H3,(H,13,14)/t5?,6-,7-,8+/m1/s1. The Balaban J connectivity index is 3.10. The summed E-state index contributed by atoms with van der Waals surface area (Å²) in [7, 11) is 2.37. The zero-order valence-electron chi connectivity index (χ0n) is 10.5. The highest BCUT2D eigenvalue weighted by Crippen LogP contribution is 2.31. The Bertz CT molecular complexity index is 355. The molecule has 0 saturated carbocycles. The lowest BCUT2D eigenvalue weighted by Crippen LogP contribution is -2.41. The molecule has 1 unspecified atom stereocenters. The van der Waals surface area contributed by atoms with E-state index in [0.29, 0.717) is 6.42 Å². The van der Waals surface area contributed by atoms with E-state index in [0.717, 1.165) is 7.11 Å². The van der Waals surface area contributed by atoms with Gasteiger partial charge in [-0.1, -0.05) is 6.92 Å². The quantitative estimate of drug-likeness (QED) is 0.650. The van der Waals surface area contributed by atoms with E-state index in [4.69, 9.17) is 5.11 Å². The highest BCUT2D eigenvalue weighted by molar-refractivity contribution is 5.90. The van der Waals surface area contributed by atoms with E-state index < -0.39 is 41.8 Å². The molecule has 1 rings (SSSR count). The fraction of sp³-hybridized carbons (Fsp3) is 0.727. The minimum atomic E-state index is -1.18. The highest BCUT2D eigenvalue weighted by Gasteiger charge is 2.53. The van der Waals surface area contributed by atoms with E-state index in [1.165, 1.54) is 7.11 Å². The molecule has 0 aliphatic carbocycles. The van der Waals surface area contributed by atoms with Gasteiger partial charge in [0, 0.05) is 6.04 Å². The van der Waals surface area contributed by atoms with Gasteiger partial charge in [-0.25, -0.2) is 0 Å². The van der Waals surface area contributed by atoms with Crippen molar-refractivity contribution in [3.63, 3.8) is 0 Å². The zero-order valence-corrected chi connectivity index (χ0v) is 10.5. The summed E-state index contributed by atoms with van der Waals surface area (Å²) >= 11 is 0. The maximum Gasteiger partial charge on any atom is 0.321 e. The van der Waals surface area contributed by atoms with Gasteiger partial charge in [-0.2, -0.15) is 0 Å². The lowest BCUT2D eigenvalue weighted by molar-refractivity contribution is -0.159. The topological polar surface area (TPSA) is 102 Å². The molecule has 1 heterocycles. The van der Waals surface area contributed by atoms with E-state index in [1.54, 1.807) is 6.92 Å². The lowest BCUT2D eigenvalue weighted by Gasteiger charge is -2.19. The smallest absolute Gasteiger partial charge is 0.321 e. The van der Waals surface area contributed by atoms with Crippen molar-refractivity contribution < 1.29 is 29.0 Å². The third kappa shape index (κ3) is 2.45. The van der Waals surface area contributed by atoms with Crippen LogP contribution >= 0.6 is 0 Å². The van der Waals surface area contributed by atoms with E-state index in [2.05, 4.69) is 14.8 Å². The van der Waals surface area contributed by atoms with Crippen LogP contribution in [-0.2, 0) is 23.9 Å². The average molecular weight is 259 g/mol. The number of carbonyl (C=O) groups is 3. The number of nitrogens with one attached hydrogen (secondary N) is 1. The first-order valence-electron chi connectivity index (χ1n) is 5.62. The summed E-state index contributed by atoms with van der Waals surface area (Å²) in [5.74, 6) is -4.41. The van der Waals surface area contributed by atoms with Crippen molar-refractivity contribution in [2.45, 2.75) is 25.4 Å². The van der Waals surface area contributed by atoms with Crippen LogP contribution in [-0.4, -0.2) is 49.3 Å². The first-order valence-corrected chi connectivity index (χ1v) is 5.62. The largest absolute Gasteiger partial charge is 0.480 e. The Morgan fingerprint density at radius 2 is 1.61 bits per heavy atom. The van der Waals surface area contributed by atoms with E-state index in [9.17, 15) is 14.4 Å². The Kier molecular flexibility index (Phi) is 4.66. The SMILES string of the molecule is CCC1N[C@H](C(=O)O)[C@H](C(=O)OC)[C@@H]1C(=O)OC. The molecule has 0 aromatic heterocycles. The molecule has 1 saturated heterocycles. The van der Waals surface area contributed by atoms with E-state index in [-0.39, 0.29) is 0 Å². The molecule has 0 radical (unpaired) electrons. The van der Waals surface area contributed by atoms with Crippen LogP contribution in [0.25, 0.3) is 0 Å². The minimum Gasteiger partial charge on any atom is -0.480 e. The molecule has 1 fully saturated rings. The Morgan fingerprint density at radius 3 is 2.00 bits per heavy atom. The molecule has 0 amide bonds. The number of esters is 2. The minimum absolute atomic E-state index is 0.414. The van der Waals surface area contributed by atoms with Crippen molar-refractivity contribution in [2.75, 3.05) is 14.2 Å². The summed E-state index contributed by atoms with van der Waals surface area (Å²) in [4.78, 5) is 34.5. The second-order valence-corrected chi connectivity index (χ2v) is 4.10. The molecule has 0 spiro atoms. The first-order chi connectivity index (χ1) is 8.47. The van der Waals surface area contributed by atoms with Crippen LogP contribution in [0.3, 0.4) is 0 Å². The molecule has 0 aromatic rings. The number of carbonyl (C=O) groups excluding carboxylic acids is 2. The molecular weight excluding hydrogens is 242 g/mol. The molecule has 4 atom stereocenters. The molecule has 0 bridgehead atoms. The van der Waals surface area contributed by atoms with Crippen LogP contribution in [0.1, 0.15) is 13.3 Å². The predicted molar refractivity (Wildman–Crippen MR) is 59.7 cm³/mol. The number of carboxylic acid groups (broad SMARTS) is 1. The van der Waals surface area contributed by atoms with Gasteiger partial charge < -0.3 is 14.6 Å². The molecule has 0 aromatic carbocycles. The van der Waals surface area contributed by atoms with Gasteiger partial charge in [0.05, 0.1) is 26.1 Å². The monoisotopic (exact) mass is 259 g/mol. The average Bonchev–Trinajstić information content (AvgIpc) is 2.76. The normalized spacial score (nSPS) is 30.8. The maximum absolute atomic E-state index is 11.7. The molecule has 1 aliphatic heterocycles. The molecule has 7 nitrogen and oxygen atoms in total. The summed E-state index contributed by atoms with van der Waals surface area (Å²) < 4.78 is 9.22. The number of hydrogen-bond acceptors (Lipinski definition) is 6. The molecule has 2 N–H and O–H groups in total. The summed E-state index contributed by atoms with van der Waals surface area (Å²) in [5, 5.41) is 11.9. The number of ether oxygens (including phenoxy) is 2. The number of rotatable bonds is 4. The van der Waals surface area contributed by atoms with Gasteiger partial charge in [-0.3, -0.25) is 19.7 Å². The van der Waals surface area contributed by atoms with Crippen molar-refractivity contribution in [1.82, 2.24) is 5.32 Å². The van der Waals surface area contributed by atoms with Crippen LogP contribution in [0, 0.1) is 11.8 Å². The third-order valence-electron chi connectivity index (χ3n) is 3.23. The van der Waals surface area contributed by atoms with E-state index in [1.807, 2.05) is 0 Å². The lowest BCUT2D eigenvalue weighted by atomic mass is 9.86. The number of hydrogen-bond donors (Lipinski definition) is 2. The predicted octanol–water partition coefficient (Wildman–Crippen LogP) is -0.600. The fourth-order valence-corrected chi connectivity index (χ4v) is 2.36. The Labute approximate surface area is 104 Å². The van der Waals surface area contributed by atoms with Crippen LogP contribution in [0.15, 0.2) is 0 Å². The zero-order chi connectivity index (χ0) is 13.9. The first kappa shape index (κ1) is 14.4. The van der Waals surface area contributed by atoms with E-state index >= 15 is 0 Å². The van der Waals surface area contributed by atoms with Crippen LogP contribution < -0.4 is 5.32 Å². The Morgan fingerprint density at radius 1 is 1.11 bits per heavy atom. The summed E-state index contributed by atoms with van der Waals surface area (Å²) in [6, 6.07) is -1.55. The van der Waals surface area contributed by atoms with Crippen LogP contribution in [0.5, 0.6) is 0 Å². The molecule has 7 heteroatoms. The number of aliphatic carboxylic acids is 1. The third-order valence-corrected chi connectivity index (χ3v) is 3.23. The molecule has 18 heavy (non-hydrogen) atoms. The second-order valence-electron chi connectivity index (χ2n) is 4.10. The van der Waals surface area contributed by atoms with Gasteiger partial charge >= 0.3 is 17.9 Å². The fourth-order valence-electron chi connectivity index (χ4n) is 2.36. The van der Waals surface area contributed by atoms with Gasteiger partial charge in [-0.05, 0) is 6.42 Å². The van der Waals surface area contributed by atoms with Gasteiger partial charge in [0.25, 0.3) is 0 Å². The number of carboxylic acids is 1. The van der Waals surface area contributed by atoms with Crippen LogP contribution in [0.4, 0.5) is 0 Å². The van der Waals surface area contributed by atoms with Crippen molar-refractivity contribution in [3.05, 3.63) is 0 Å². The van der Waals surface area contributed by atoms with Gasteiger partial charge in [0.15, 0.2) is 0 Å². The number of methoxy groups -OCH3 is 2. The van der Waals surface area contributed by atoms with Crippen molar-refractivity contribution in [1.29, 1.82) is 0 Å². The van der Waals surface area contributed by atoms with Gasteiger partial charge in [-0.15, -0.1) is 0 Å². The molecular formula is C11H17NO6. The highest BCUT2D eigenvalue weighted by atomic mass is 16.5. The van der Waals surface area contributed by atoms with Crippen molar-refractivity contribution >= 4 is 17.9 Å². The summed E-state index contributed by atoms with van der Waals surface area (Å²) in [6.45, 7) is 1.80. The summed E-state index contributed by atoms with van der Waals surface area (Å²) in [5.41, 5.74) is 0. The molecule has 102 valence electrons. The molecule has 1 aliphatic rings. The summed E-state index contributed by atoms with van der Waals surface area (Å²) in [6.07, 6.45) is 0.511. The second kappa shape index (κ2) is 5.81.